The van der Waals surface area contributed by atoms with Gasteiger partial charge in [0, 0.05) is 44.7 Å². The maximum atomic E-state index is 0. The Morgan fingerprint density at radius 1 is 1.00 bits per heavy atom. The summed E-state index contributed by atoms with van der Waals surface area (Å²) in [4.78, 5) is 0. The molecular formula is H8BaCaCuHgO2. The zero-order chi connectivity index (χ0) is 0. The summed E-state index contributed by atoms with van der Waals surface area (Å²) in [6, 6.07) is 0. The van der Waals surface area contributed by atoms with Crippen LogP contribution in [0.4, 0.5) is 0 Å². The fraction of sp³-hybridized carbons (Fsp3) is 0. The second kappa shape index (κ2) is 35.0. The van der Waals surface area contributed by atoms with Crippen molar-refractivity contribution in [2.45, 2.75) is 0 Å². The summed E-state index contributed by atoms with van der Waals surface area (Å²) in [6.07, 6.45) is 0. The molecule has 0 rings (SSSR count). The van der Waals surface area contributed by atoms with Crippen LogP contribution >= 0.6 is 0 Å². The molecule has 0 spiro atoms. The van der Waals surface area contributed by atoms with Gasteiger partial charge in [-0.25, -0.2) is 0 Å². The largest absolute Gasteiger partial charge is 2.00 e. The van der Waals surface area contributed by atoms with Gasteiger partial charge in [-0.3, -0.25) is 0 Å². The van der Waals surface area contributed by atoms with E-state index in [4.69, 9.17) is 0 Å². The molecule has 0 atom stereocenters. The zero-order valence-electron chi connectivity index (χ0n) is 7.42. The molecule has 6 heavy (non-hydrogen) atoms. The molecule has 4 N–H and O–H groups in total. The van der Waals surface area contributed by atoms with Crippen LogP contribution in [0.2, 0.25) is 0 Å². The van der Waals surface area contributed by atoms with E-state index in [2.05, 4.69) is 0 Å². The summed E-state index contributed by atoms with van der Waals surface area (Å²) in [7, 11) is 0. The predicted molar refractivity (Wildman–Crippen MR) is 23.2 cm³/mol. The molecule has 0 aromatic carbocycles. The molecular weight excluding hydrogens is 474 g/mol. The molecule has 1 radical (unpaired) electrons. The molecule has 0 aromatic heterocycles. The van der Waals surface area contributed by atoms with Gasteiger partial charge in [0.05, 0.1) is 0 Å². The van der Waals surface area contributed by atoms with Gasteiger partial charge in [0.15, 0.2) is 0 Å². The van der Waals surface area contributed by atoms with Gasteiger partial charge in [0.25, 0.3) is 0 Å². The summed E-state index contributed by atoms with van der Waals surface area (Å²) in [5, 5.41) is 0. The van der Waals surface area contributed by atoms with E-state index in [0.717, 1.165) is 0 Å². The van der Waals surface area contributed by atoms with Gasteiger partial charge in [0.2, 0.25) is 0 Å². The molecule has 0 saturated heterocycles. The third-order valence-electron chi connectivity index (χ3n) is 0. The molecule has 6 heteroatoms. The van der Waals surface area contributed by atoms with E-state index in [9.17, 15) is 0 Å². The first-order valence-electron chi connectivity index (χ1n) is 0. The van der Waals surface area contributed by atoms with Gasteiger partial charge in [-0.05, 0) is 0 Å². The minimum Gasteiger partial charge on any atom is -1.00 e. The van der Waals surface area contributed by atoms with Crippen LogP contribution in [0.15, 0.2) is 0 Å². The average molecular weight is 482 g/mol. The number of rotatable bonds is 0. The molecule has 0 unspecified atom stereocenters. The van der Waals surface area contributed by atoms with Crippen molar-refractivity contribution in [1.82, 2.24) is 0 Å². The van der Waals surface area contributed by atoms with E-state index in [1.165, 1.54) is 0 Å². The number of hydrogen-bond acceptors (Lipinski definition) is 0. The standard InChI is InChI=1S/Ba.Ca.Cu.Hg.2H2O.4H/h;;;;2*1H2;;;;/q2*+2;;;;;4*-1. The van der Waals surface area contributed by atoms with Crippen LogP contribution < -0.4 is 0 Å². The maximum Gasteiger partial charge on any atom is 2.00 e. The third kappa shape index (κ3) is 24.1. The van der Waals surface area contributed by atoms with Gasteiger partial charge >= 0.3 is 86.6 Å². The van der Waals surface area contributed by atoms with Crippen molar-refractivity contribution >= 4 is 86.6 Å². The van der Waals surface area contributed by atoms with Crippen molar-refractivity contribution < 1.29 is 61.4 Å². The topological polar surface area (TPSA) is 63.0 Å². The Labute approximate surface area is 144 Å². The van der Waals surface area contributed by atoms with Crippen LogP contribution in [-0.4, -0.2) is 97.6 Å². The molecule has 0 bridgehead atoms. The van der Waals surface area contributed by atoms with E-state index in [0.29, 0.717) is 0 Å². The Morgan fingerprint density at radius 3 is 1.00 bits per heavy atom. The monoisotopic (exact) mass is 483 g/mol. The van der Waals surface area contributed by atoms with E-state index in [1.54, 1.807) is 0 Å². The van der Waals surface area contributed by atoms with Crippen molar-refractivity contribution in [2.75, 3.05) is 0 Å². The zero-order valence-corrected chi connectivity index (χ0v) is 16.5. The third-order valence-corrected chi connectivity index (χ3v) is 0. The van der Waals surface area contributed by atoms with E-state index in [-0.39, 0.29) is 148 Å². The van der Waals surface area contributed by atoms with Gasteiger partial charge in [-0.2, -0.15) is 0 Å². The minimum atomic E-state index is 0. The van der Waals surface area contributed by atoms with Gasteiger partial charge in [-0.1, -0.05) is 0 Å². The van der Waals surface area contributed by atoms with Gasteiger partial charge in [-0.15, -0.1) is 0 Å². The minimum absolute atomic E-state index is 0. The van der Waals surface area contributed by atoms with E-state index < -0.39 is 0 Å². The first-order valence-corrected chi connectivity index (χ1v) is 0. The second-order valence-electron chi connectivity index (χ2n) is 0. The van der Waals surface area contributed by atoms with E-state index >= 15 is 0 Å². The van der Waals surface area contributed by atoms with Crippen LogP contribution in [-0.2, 0) is 44.7 Å². The summed E-state index contributed by atoms with van der Waals surface area (Å²) in [5.41, 5.74) is 0. The summed E-state index contributed by atoms with van der Waals surface area (Å²) in [6.45, 7) is 0. The Balaban J connectivity index is 0. The molecule has 0 fully saturated rings. The molecule has 0 aliphatic carbocycles. The molecule has 0 heterocycles. The summed E-state index contributed by atoms with van der Waals surface area (Å²) < 4.78 is 0. The van der Waals surface area contributed by atoms with Crippen molar-refractivity contribution in [2.24, 2.45) is 0 Å². The fourth-order valence-electron chi connectivity index (χ4n) is 0. The van der Waals surface area contributed by atoms with Crippen molar-refractivity contribution in [3.05, 3.63) is 0 Å². The van der Waals surface area contributed by atoms with Crippen LogP contribution in [0.1, 0.15) is 5.71 Å². The molecule has 2 nitrogen and oxygen atoms in total. The maximum absolute atomic E-state index is 0. The fourth-order valence-corrected chi connectivity index (χ4v) is 0. The van der Waals surface area contributed by atoms with Crippen molar-refractivity contribution in [3.8, 4) is 0 Å². The predicted octanol–water partition coefficient (Wildman–Crippen LogP) is -1.97. The van der Waals surface area contributed by atoms with Crippen molar-refractivity contribution in [3.63, 3.8) is 0 Å². The number of hydrogen-bond donors (Lipinski definition) is 0. The molecule has 0 amide bonds. The second-order valence-corrected chi connectivity index (χ2v) is 0. The van der Waals surface area contributed by atoms with Crippen LogP contribution in [0.5, 0.6) is 0 Å². The van der Waals surface area contributed by atoms with Crippen LogP contribution in [0.25, 0.3) is 0 Å². The molecule has 0 saturated carbocycles. The Morgan fingerprint density at radius 2 is 1.00 bits per heavy atom. The van der Waals surface area contributed by atoms with Crippen LogP contribution in [0, 0.1) is 0 Å². The summed E-state index contributed by atoms with van der Waals surface area (Å²) >= 11 is 0. The van der Waals surface area contributed by atoms with Crippen LogP contribution in [0.3, 0.4) is 0 Å². The smallest absolute Gasteiger partial charge is 1.00 e. The first kappa shape index (κ1) is 48.9. The Bertz CT molecular complexity index is 23.2. The summed E-state index contributed by atoms with van der Waals surface area (Å²) in [5.74, 6) is 0. The van der Waals surface area contributed by atoms with Crippen molar-refractivity contribution in [1.29, 1.82) is 0 Å². The first-order chi connectivity index (χ1) is 0. The van der Waals surface area contributed by atoms with Gasteiger partial charge in [0.1, 0.15) is 0 Å². The molecule has 0 aromatic rings. The molecule has 0 aliphatic heterocycles. The normalized spacial score (nSPS) is 0. The molecule has 0 aliphatic rings. The molecule has 37 valence electrons. The average Bonchev–Trinajstić information content (AvgIpc) is 0. The SMILES string of the molecule is O.O.[Ba+2].[Ca+2].[Cu].[H-].[H-].[H-].[H-].[Hg]. The quantitative estimate of drug-likeness (QED) is 0.361. The van der Waals surface area contributed by atoms with E-state index in [1.807, 2.05) is 0 Å². The van der Waals surface area contributed by atoms with Gasteiger partial charge < -0.3 is 16.7 Å². The Hall–Kier alpha value is 4.21. The Kier molecular flexibility index (Phi) is 286.